The normalized spacial score (nSPS) is 24.4. The Kier molecular flexibility index (Phi) is 4.39. The molecular formula is C16H21ClN2O. The van der Waals surface area contributed by atoms with Crippen LogP contribution in [-0.2, 0) is 0 Å². The Labute approximate surface area is 125 Å². The molecule has 0 radical (unpaired) electrons. The summed E-state index contributed by atoms with van der Waals surface area (Å²) in [6.45, 7) is 5.00. The number of nitrogens with zero attached hydrogens (tertiary/aromatic N) is 2. The fraction of sp³-hybridized carbons (Fsp3) is 0.562. The van der Waals surface area contributed by atoms with E-state index in [9.17, 15) is 4.79 Å². The van der Waals surface area contributed by atoms with Crippen LogP contribution in [0.2, 0.25) is 5.02 Å². The molecule has 3 rings (SSSR count). The van der Waals surface area contributed by atoms with E-state index in [2.05, 4.69) is 9.80 Å². The highest BCUT2D eigenvalue weighted by atomic mass is 35.5. The molecule has 0 bridgehead atoms. The molecule has 2 aliphatic heterocycles. The first-order valence-corrected chi connectivity index (χ1v) is 7.85. The summed E-state index contributed by atoms with van der Waals surface area (Å²) in [4.78, 5) is 17.3. The third-order valence-corrected chi connectivity index (χ3v) is 4.64. The predicted molar refractivity (Wildman–Crippen MR) is 81.4 cm³/mol. The van der Waals surface area contributed by atoms with Gasteiger partial charge in [-0.2, -0.15) is 0 Å². The van der Waals surface area contributed by atoms with Crippen molar-refractivity contribution in [2.75, 3.05) is 32.7 Å². The van der Waals surface area contributed by atoms with Crippen LogP contribution < -0.4 is 0 Å². The lowest BCUT2D eigenvalue weighted by atomic mass is 10.1. The molecule has 1 aromatic rings. The van der Waals surface area contributed by atoms with Crippen molar-refractivity contribution < 1.29 is 4.79 Å². The van der Waals surface area contributed by atoms with Crippen molar-refractivity contribution in [1.29, 1.82) is 0 Å². The first kappa shape index (κ1) is 14.1. The maximum Gasteiger partial charge on any atom is 0.176 e. The molecule has 1 aromatic carbocycles. The van der Waals surface area contributed by atoms with Crippen LogP contribution in [0, 0.1) is 0 Å². The summed E-state index contributed by atoms with van der Waals surface area (Å²) in [7, 11) is 0. The summed E-state index contributed by atoms with van der Waals surface area (Å²) < 4.78 is 0. The van der Waals surface area contributed by atoms with E-state index in [0.717, 1.165) is 18.7 Å². The van der Waals surface area contributed by atoms with Crippen molar-refractivity contribution in [2.45, 2.75) is 25.3 Å². The van der Waals surface area contributed by atoms with Crippen LogP contribution in [0.5, 0.6) is 0 Å². The number of hydrogen-bond acceptors (Lipinski definition) is 3. The number of fused-ring (bicyclic) bond motifs is 1. The van der Waals surface area contributed by atoms with Gasteiger partial charge in [0.25, 0.3) is 0 Å². The largest absolute Gasteiger partial charge is 0.299 e. The van der Waals surface area contributed by atoms with E-state index in [1.807, 2.05) is 12.1 Å². The number of ketones is 1. The third-order valence-electron chi connectivity index (χ3n) is 4.40. The van der Waals surface area contributed by atoms with E-state index in [4.69, 9.17) is 11.6 Å². The second-order valence-corrected chi connectivity index (χ2v) is 6.29. The topological polar surface area (TPSA) is 23.6 Å². The zero-order valence-electron chi connectivity index (χ0n) is 11.7. The molecule has 3 nitrogen and oxygen atoms in total. The van der Waals surface area contributed by atoms with Gasteiger partial charge in [-0.3, -0.25) is 14.6 Å². The van der Waals surface area contributed by atoms with Crippen molar-refractivity contribution in [3.8, 4) is 0 Å². The van der Waals surface area contributed by atoms with E-state index in [-0.39, 0.29) is 5.78 Å². The molecule has 0 N–H and O–H groups in total. The van der Waals surface area contributed by atoms with Gasteiger partial charge in [0.2, 0.25) is 0 Å². The van der Waals surface area contributed by atoms with Gasteiger partial charge in [-0.05, 0) is 51.0 Å². The number of benzene rings is 1. The second kappa shape index (κ2) is 6.25. The highest BCUT2D eigenvalue weighted by Gasteiger charge is 2.29. The van der Waals surface area contributed by atoms with Gasteiger partial charge in [0, 0.05) is 23.2 Å². The zero-order valence-corrected chi connectivity index (χ0v) is 12.5. The van der Waals surface area contributed by atoms with Crippen LogP contribution in [0.25, 0.3) is 0 Å². The Hall–Kier alpha value is -0.900. The van der Waals surface area contributed by atoms with Gasteiger partial charge < -0.3 is 0 Å². The molecule has 2 saturated heterocycles. The molecule has 0 amide bonds. The standard InChI is InChI=1S/C16H21ClN2O/c17-14-5-1-4-13(10-14)16(20)12-18-7-3-9-19-8-2-6-15(19)11-18/h1,4-5,10,15H,2-3,6-9,11-12H2. The average Bonchev–Trinajstić information content (AvgIpc) is 2.78. The summed E-state index contributed by atoms with van der Waals surface area (Å²) in [5.74, 6) is 0.180. The summed E-state index contributed by atoms with van der Waals surface area (Å²) in [6.07, 6.45) is 3.75. The van der Waals surface area contributed by atoms with Crippen LogP contribution in [0.3, 0.4) is 0 Å². The van der Waals surface area contributed by atoms with Crippen LogP contribution in [0.1, 0.15) is 29.6 Å². The van der Waals surface area contributed by atoms with Crippen molar-refractivity contribution in [1.82, 2.24) is 9.80 Å². The van der Waals surface area contributed by atoms with Gasteiger partial charge in [-0.1, -0.05) is 23.7 Å². The summed E-state index contributed by atoms with van der Waals surface area (Å²) in [5, 5.41) is 0.633. The third kappa shape index (κ3) is 3.22. The minimum atomic E-state index is 0.180. The molecule has 1 atom stereocenters. The van der Waals surface area contributed by atoms with Gasteiger partial charge >= 0.3 is 0 Å². The van der Waals surface area contributed by atoms with Crippen molar-refractivity contribution >= 4 is 17.4 Å². The van der Waals surface area contributed by atoms with Crippen LogP contribution in [0.4, 0.5) is 0 Å². The minimum absolute atomic E-state index is 0.180. The van der Waals surface area contributed by atoms with Gasteiger partial charge in [0.05, 0.1) is 6.54 Å². The SMILES string of the molecule is O=C(CN1CCCN2CCCC2C1)c1cccc(Cl)c1. The van der Waals surface area contributed by atoms with Crippen LogP contribution in [0.15, 0.2) is 24.3 Å². The first-order valence-electron chi connectivity index (χ1n) is 7.47. The lowest BCUT2D eigenvalue weighted by Gasteiger charge is -2.25. The highest BCUT2D eigenvalue weighted by molar-refractivity contribution is 6.31. The van der Waals surface area contributed by atoms with Crippen LogP contribution in [-0.4, -0.2) is 54.3 Å². The van der Waals surface area contributed by atoms with E-state index in [1.165, 1.54) is 32.4 Å². The molecule has 2 fully saturated rings. The molecule has 4 heteroatoms. The van der Waals surface area contributed by atoms with Crippen molar-refractivity contribution in [3.63, 3.8) is 0 Å². The summed E-state index contributed by atoms with van der Waals surface area (Å²) >= 11 is 5.96. The predicted octanol–water partition coefficient (Wildman–Crippen LogP) is 2.69. The molecular weight excluding hydrogens is 272 g/mol. The first-order chi connectivity index (χ1) is 9.72. The van der Waals surface area contributed by atoms with Crippen molar-refractivity contribution in [3.05, 3.63) is 34.9 Å². The Balaban J connectivity index is 1.63. The van der Waals surface area contributed by atoms with E-state index in [0.29, 0.717) is 17.6 Å². The smallest absolute Gasteiger partial charge is 0.176 e. The number of hydrogen-bond donors (Lipinski definition) is 0. The highest BCUT2D eigenvalue weighted by Crippen LogP contribution is 2.21. The Bertz CT molecular complexity index is 491. The van der Waals surface area contributed by atoms with E-state index >= 15 is 0 Å². The Morgan fingerprint density at radius 2 is 2.10 bits per heavy atom. The van der Waals surface area contributed by atoms with E-state index in [1.54, 1.807) is 12.1 Å². The number of rotatable bonds is 3. The molecule has 0 spiro atoms. The van der Waals surface area contributed by atoms with Gasteiger partial charge in [-0.25, -0.2) is 0 Å². The van der Waals surface area contributed by atoms with Crippen LogP contribution >= 0.6 is 11.6 Å². The van der Waals surface area contributed by atoms with Gasteiger partial charge in [-0.15, -0.1) is 0 Å². The monoisotopic (exact) mass is 292 g/mol. The maximum atomic E-state index is 12.4. The molecule has 0 aliphatic carbocycles. The molecule has 2 heterocycles. The number of carbonyl (C=O) groups excluding carboxylic acids is 1. The molecule has 2 aliphatic rings. The molecule has 1 unspecified atom stereocenters. The zero-order chi connectivity index (χ0) is 13.9. The summed E-state index contributed by atoms with van der Waals surface area (Å²) in [6, 6.07) is 7.93. The number of Topliss-reactive ketones (excluding diaryl/α,β-unsaturated/α-hetero) is 1. The second-order valence-electron chi connectivity index (χ2n) is 5.85. The lowest BCUT2D eigenvalue weighted by Crippen LogP contribution is -2.38. The molecule has 20 heavy (non-hydrogen) atoms. The van der Waals surface area contributed by atoms with E-state index < -0.39 is 0 Å². The minimum Gasteiger partial charge on any atom is -0.299 e. The molecule has 0 aromatic heterocycles. The quantitative estimate of drug-likeness (QED) is 0.800. The summed E-state index contributed by atoms with van der Waals surface area (Å²) in [5.41, 5.74) is 0.727. The Morgan fingerprint density at radius 3 is 2.95 bits per heavy atom. The van der Waals surface area contributed by atoms with Gasteiger partial charge in [0.15, 0.2) is 5.78 Å². The lowest BCUT2D eigenvalue weighted by molar-refractivity contribution is 0.0925. The fourth-order valence-electron chi connectivity index (χ4n) is 3.38. The number of carbonyl (C=O) groups is 1. The van der Waals surface area contributed by atoms with Crippen molar-refractivity contribution in [2.24, 2.45) is 0 Å². The molecule has 108 valence electrons. The number of halogens is 1. The van der Waals surface area contributed by atoms with Gasteiger partial charge in [0.1, 0.15) is 0 Å². The maximum absolute atomic E-state index is 12.4. The average molecular weight is 293 g/mol. The Morgan fingerprint density at radius 1 is 1.25 bits per heavy atom. The fourth-order valence-corrected chi connectivity index (χ4v) is 3.57. The molecule has 0 saturated carbocycles.